The van der Waals surface area contributed by atoms with Gasteiger partial charge in [0.15, 0.2) is 0 Å². The number of anilines is 1. The van der Waals surface area contributed by atoms with Crippen molar-refractivity contribution in [1.82, 2.24) is 0 Å². The summed E-state index contributed by atoms with van der Waals surface area (Å²) in [7, 11) is 0. The molecule has 0 fully saturated rings. The first-order valence-electron chi connectivity index (χ1n) is 4.91. The number of carboxylic acid groups (broad SMARTS) is 1. The van der Waals surface area contributed by atoms with E-state index in [0.717, 1.165) is 11.6 Å². The number of carbonyl (C=O) groups is 2. The van der Waals surface area contributed by atoms with Crippen molar-refractivity contribution in [3.8, 4) is 0 Å². The molecule has 1 amide bonds. The highest BCUT2D eigenvalue weighted by molar-refractivity contribution is 7.99. The number of carboxylic acids is 1. The summed E-state index contributed by atoms with van der Waals surface area (Å²) >= 11 is 1.44. The molecule has 0 radical (unpaired) electrons. The first-order valence-corrected chi connectivity index (χ1v) is 6.31. The SMILES string of the molecule is CSCC(=O)Nc1cccc(/C=C/C(=O)O)c1. The van der Waals surface area contributed by atoms with Crippen molar-refractivity contribution in [3.05, 3.63) is 35.9 Å². The Labute approximate surface area is 104 Å². The van der Waals surface area contributed by atoms with Gasteiger partial charge in [-0.3, -0.25) is 4.79 Å². The van der Waals surface area contributed by atoms with Crippen LogP contribution in [0.5, 0.6) is 0 Å². The maximum absolute atomic E-state index is 11.3. The summed E-state index contributed by atoms with van der Waals surface area (Å²) in [4.78, 5) is 21.7. The van der Waals surface area contributed by atoms with Crippen molar-refractivity contribution in [1.29, 1.82) is 0 Å². The topological polar surface area (TPSA) is 66.4 Å². The summed E-state index contributed by atoms with van der Waals surface area (Å²) in [6, 6.07) is 7.01. The van der Waals surface area contributed by atoms with E-state index in [0.29, 0.717) is 11.4 Å². The second-order valence-electron chi connectivity index (χ2n) is 3.28. The summed E-state index contributed by atoms with van der Waals surface area (Å²) in [6.07, 6.45) is 4.39. The number of carbonyl (C=O) groups excluding carboxylic acids is 1. The highest BCUT2D eigenvalue weighted by Gasteiger charge is 2.00. The minimum atomic E-state index is -0.998. The summed E-state index contributed by atoms with van der Waals surface area (Å²) < 4.78 is 0. The number of hydrogen-bond acceptors (Lipinski definition) is 3. The third-order valence-corrected chi connectivity index (χ3v) is 2.42. The van der Waals surface area contributed by atoms with Gasteiger partial charge in [0, 0.05) is 11.8 Å². The lowest BCUT2D eigenvalue weighted by molar-refractivity contribution is -0.131. The molecule has 0 unspecified atom stereocenters. The lowest BCUT2D eigenvalue weighted by Gasteiger charge is -2.04. The maximum atomic E-state index is 11.3. The van der Waals surface area contributed by atoms with E-state index in [9.17, 15) is 9.59 Å². The Morgan fingerprint density at radius 1 is 1.47 bits per heavy atom. The first kappa shape index (κ1) is 13.3. The predicted molar refractivity (Wildman–Crippen MR) is 70.1 cm³/mol. The van der Waals surface area contributed by atoms with Crippen LogP contribution < -0.4 is 5.32 Å². The molecule has 1 aromatic carbocycles. The van der Waals surface area contributed by atoms with Gasteiger partial charge < -0.3 is 10.4 Å². The molecule has 0 spiro atoms. The van der Waals surface area contributed by atoms with Crippen molar-refractivity contribution in [2.75, 3.05) is 17.3 Å². The molecular weight excluding hydrogens is 238 g/mol. The third-order valence-electron chi connectivity index (χ3n) is 1.86. The van der Waals surface area contributed by atoms with E-state index >= 15 is 0 Å². The Kier molecular flexibility index (Phi) is 5.29. The van der Waals surface area contributed by atoms with E-state index in [2.05, 4.69) is 5.32 Å². The normalized spacial score (nSPS) is 10.4. The van der Waals surface area contributed by atoms with Crippen LogP contribution in [-0.2, 0) is 9.59 Å². The highest BCUT2D eigenvalue weighted by atomic mass is 32.2. The van der Waals surface area contributed by atoms with Gasteiger partial charge in [-0.15, -0.1) is 0 Å². The fraction of sp³-hybridized carbons (Fsp3) is 0.167. The second-order valence-corrected chi connectivity index (χ2v) is 4.14. The number of nitrogens with one attached hydrogen (secondary N) is 1. The Balaban J connectivity index is 2.72. The number of hydrogen-bond donors (Lipinski definition) is 2. The van der Waals surface area contributed by atoms with Crippen molar-refractivity contribution in [3.63, 3.8) is 0 Å². The Morgan fingerprint density at radius 3 is 2.88 bits per heavy atom. The average molecular weight is 251 g/mol. The summed E-state index contributed by atoms with van der Waals surface area (Å²) in [5.41, 5.74) is 1.39. The number of rotatable bonds is 5. The van der Waals surface area contributed by atoms with Crippen LogP contribution in [0.3, 0.4) is 0 Å². The number of benzene rings is 1. The lowest BCUT2D eigenvalue weighted by Crippen LogP contribution is -2.13. The summed E-state index contributed by atoms with van der Waals surface area (Å²) in [6.45, 7) is 0. The number of thioether (sulfide) groups is 1. The van der Waals surface area contributed by atoms with Gasteiger partial charge in [0.1, 0.15) is 0 Å². The molecule has 1 rings (SSSR count). The molecule has 0 aliphatic heterocycles. The summed E-state index contributed by atoms with van der Waals surface area (Å²) in [5.74, 6) is -0.673. The Bertz CT molecular complexity index is 443. The number of amides is 1. The van der Waals surface area contributed by atoms with Crippen LogP contribution in [0.25, 0.3) is 6.08 Å². The van der Waals surface area contributed by atoms with Crippen LogP contribution in [0.1, 0.15) is 5.56 Å². The lowest BCUT2D eigenvalue weighted by atomic mass is 10.2. The molecule has 0 aliphatic rings. The zero-order chi connectivity index (χ0) is 12.7. The molecule has 17 heavy (non-hydrogen) atoms. The predicted octanol–water partition coefficient (Wildman–Crippen LogP) is 2.09. The van der Waals surface area contributed by atoms with Gasteiger partial charge in [-0.25, -0.2) is 4.79 Å². The Hall–Kier alpha value is -1.75. The van der Waals surface area contributed by atoms with E-state index in [-0.39, 0.29) is 5.91 Å². The van der Waals surface area contributed by atoms with Gasteiger partial charge in [-0.05, 0) is 30.0 Å². The molecule has 0 atom stereocenters. The number of aliphatic carboxylic acids is 1. The van der Waals surface area contributed by atoms with Gasteiger partial charge in [0.05, 0.1) is 5.75 Å². The van der Waals surface area contributed by atoms with E-state index in [1.807, 2.05) is 6.26 Å². The van der Waals surface area contributed by atoms with Crippen LogP contribution >= 0.6 is 11.8 Å². The van der Waals surface area contributed by atoms with Crippen LogP contribution in [-0.4, -0.2) is 29.0 Å². The highest BCUT2D eigenvalue weighted by Crippen LogP contribution is 2.12. The molecule has 0 aromatic heterocycles. The second kappa shape index (κ2) is 6.75. The van der Waals surface area contributed by atoms with Crippen molar-refractivity contribution < 1.29 is 14.7 Å². The zero-order valence-corrected chi connectivity index (χ0v) is 10.2. The minimum absolute atomic E-state index is 0.0723. The van der Waals surface area contributed by atoms with Gasteiger partial charge in [-0.1, -0.05) is 12.1 Å². The standard InChI is InChI=1S/C12H13NO3S/c1-17-8-11(14)13-10-4-2-3-9(7-10)5-6-12(15)16/h2-7H,8H2,1H3,(H,13,14)(H,15,16)/b6-5+. The van der Waals surface area contributed by atoms with Gasteiger partial charge in [0.25, 0.3) is 0 Å². The molecule has 5 heteroatoms. The van der Waals surface area contributed by atoms with Crippen molar-refractivity contribution >= 4 is 35.4 Å². The van der Waals surface area contributed by atoms with Crippen molar-refractivity contribution in [2.24, 2.45) is 0 Å². The van der Waals surface area contributed by atoms with Gasteiger partial charge in [0.2, 0.25) is 5.91 Å². The molecule has 0 aliphatic carbocycles. The van der Waals surface area contributed by atoms with E-state index in [4.69, 9.17) is 5.11 Å². The largest absolute Gasteiger partial charge is 0.478 e. The van der Waals surface area contributed by atoms with E-state index < -0.39 is 5.97 Å². The molecule has 1 aromatic rings. The first-order chi connectivity index (χ1) is 8.11. The van der Waals surface area contributed by atoms with E-state index in [1.54, 1.807) is 24.3 Å². The molecular formula is C12H13NO3S. The smallest absolute Gasteiger partial charge is 0.328 e. The maximum Gasteiger partial charge on any atom is 0.328 e. The monoisotopic (exact) mass is 251 g/mol. The van der Waals surface area contributed by atoms with Crippen LogP contribution in [0, 0.1) is 0 Å². The fourth-order valence-electron chi connectivity index (χ4n) is 1.22. The average Bonchev–Trinajstić information content (AvgIpc) is 2.27. The molecule has 4 nitrogen and oxygen atoms in total. The van der Waals surface area contributed by atoms with Crippen LogP contribution in [0.15, 0.2) is 30.3 Å². The molecule has 0 saturated carbocycles. The van der Waals surface area contributed by atoms with E-state index in [1.165, 1.54) is 17.8 Å². The molecule has 0 saturated heterocycles. The quantitative estimate of drug-likeness (QED) is 0.786. The molecule has 0 bridgehead atoms. The molecule has 2 N–H and O–H groups in total. The molecule has 0 heterocycles. The van der Waals surface area contributed by atoms with Crippen molar-refractivity contribution in [2.45, 2.75) is 0 Å². The third kappa shape index (κ3) is 5.21. The van der Waals surface area contributed by atoms with Gasteiger partial charge in [-0.2, -0.15) is 11.8 Å². The Morgan fingerprint density at radius 2 is 2.24 bits per heavy atom. The summed E-state index contributed by atoms with van der Waals surface area (Å²) in [5, 5.41) is 11.2. The minimum Gasteiger partial charge on any atom is -0.478 e. The zero-order valence-electron chi connectivity index (χ0n) is 9.34. The fourth-order valence-corrected chi connectivity index (χ4v) is 1.55. The van der Waals surface area contributed by atoms with Crippen LogP contribution in [0.4, 0.5) is 5.69 Å². The molecule has 90 valence electrons. The van der Waals surface area contributed by atoms with Gasteiger partial charge >= 0.3 is 5.97 Å². The van der Waals surface area contributed by atoms with Crippen LogP contribution in [0.2, 0.25) is 0 Å².